The van der Waals surface area contributed by atoms with Gasteiger partial charge < -0.3 is 14.8 Å². The van der Waals surface area contributed by atoms with Crippen LogP contribution in [0.5, 0.6) is 11.5 Å². The summed E-state index contributed by atoms with van der Waals surface area (Å²) in [5, 5.41) is 2.91. The Morgan fingerprint density at radius 3 is 2.58 bits per heavy atom. The van der Waals surface area contributed by atoms with Crippen molar-refractivity contribution in [2.24, 2.45) is 0 Å². The van der Waals surface area contributed by atoms with Gasteiger partial charge in [-0.15, -0.1) is 0 Å². The van der Waals surface area contributed by atoms with Crippen LogP contribution in [0.2, 0.25) is 0 Å². The normalized spacial score (nSPS) is 11.7. The Balaban J connectivity index is 1.98. The van der Waals surface area contributed by atoms with Crippen LogP contribution in [-0.2, 0) is 4.79 Å². The van der Waals surface area contributed by atoms with Gasteiger partial charge in [0.05, 0.1) is 13.2 Å². The summed E-state index contributed by atoms with van der Waals surface area (Å²) in [5.41, 5.74) is 2.00. The van der Waals surface area contributed by atoms with Crippen molar-refractivity contribution in [2.75, 3.05) is 13.7 Å². The van der Waals surface area contributed by atoms with E-state index in [2.05, 4.69) is 5.32 Å². The summed E-state index contributed by atoms with van der Waals surface area (Å²) in [4.78, 5) is 12.1. The van der Waals surface area contributed by atoms with E-state index in [1.807, 2.05) is 32.0 Å². The Labute approximate surface area is 141 Å². The Morgan fingerprint density at radius 1 is 1.21 bits per heavy atom. The first-order chi connectivity index (χ1) is 11.5. The number of carbonyl (C=O) groups excluding carboxylic acids is 1. The molecule has 0 saturated heterocycles. The molecule has 0 fully saturated rings. The average Bonchev–Trinajstić information content (AvgIpc) is 2.59. The largest absolute Gasteiger partial charge is 0.496 e. The number of nitrogens with one attached hydrogen (secondary N) is 1. The van der Waals surface area contributed by atoms with E-state index < -0.39 is 5.82 Å². The van der Waals surface area contributed by atoms with Crippen LogP contribution < -0.4 is 14.8 Å². The van der Waals surface area contributed by atoms with Crippen LogP contribution in [0.1, 0.15) is 30.5 Å². The Hall–Kier alpha value is -2.56. The van der Waals surface area contributed by atoms with Crippen molar-refractivity contribution in [3.63, 3.8) is 0 Å². The van der Waals surface area contributed by atoms with E-state index in [1.54, 1.807) is 19.2 Å². The number of carbonyl (C=O) groups is 1. The van der Waals surface area contributed by atoms with Crippen molar-refractivity contribution in [1.82, 2.24) is 5.32 Å². The molecule has 0 heterocycles. The van der Waals surface area contributed by atoms with Crippen molar-refractivity contribution in [3.05, 3.63) is 59.4 Å². The first kappa shape index (κ1) is 17.8. The number of ether oxygens (including phenoxy) is 2. The van der Waals surface area contributed by atoms with Crippen molar-refractivity contribution in [3.8, 4) is 11.5 Å². The van der Waals surface area contributed by atoms with Crippen molar-refractivity contribution < 1.29 is 18.7 Å². The molecule has 0 aliphatic rings. The smallest absolute Gasteiger partial charge is 0.258 e. The fourth-order valence-corrected chi connectivity index (χ4v) is 2.48. The van der Waals surface area contributed by atoms with Crippen LogP contribution in [0.15, 0.2) is 42.5 Å². The van der Waals surface area contributed by atoms with Gasteiger partial charge >= 0.3 is 0 Å². The number of hydrogen-bond acceptors (Lipinski definition) is 3. The monoisotopic (exact) mass is 331 g/mol. The molecule has 0 aromatic heterocycles. The molecule has 0 spiro atoms. The molecule has 0 radical (unpaired) electrons. The first-order valence-corrected chi connectivity index (χ1v) is 7.86. The van der Waals surface area contributed by atoms with Crippen LogP contribution in [-0.4, -0.2) is 19.6 Å². The SMILES string of the molecule is CC[C@H](NC(=O)COc1ccccc1F)c1ccc(OC)c(C)c1. The minimum absolute atomic E-state index is 0.0704. The lowest BCUT2D eigenvalue weighted by molar-refractivity contribution is -0.123. The van der Waals surface area contributed by atoms with Crippen molar-refractivity contribution in [1.29, 1.82) is 0 Å². The fraction of sp³-hybridized carbons (Fsp3) is 0.316. The molecule has 1 atom stereocenters. The minimum Gasteiger partial charge on any atom is -0.496 e. The second kappa shape index (κ2) is 8.34. The van der Waals surface area contributed by atoms with E-state index >= 15 is 0 Å². The predicted octanol–water partition coefficient (Wildman–Crippen LogP) is 3.79. The zero-order valence-electron chi connectivity index (χ0n) is 14.1. The minimum atomic E-state index is -0.483. The number of para-hydroxylation sites is 1. The summed E-state index contributed by atoms with van der Waals surface area (Å²) in [7, 11) is 1.63. The third kappa shape index (κ3) is 4.47. The highest BCUT2D eigenvalue weighted by molar-refractivity contribution is 5.78. The van der Waals surface area contributed by atoms with Gasteiger partial charge in [-0.05, 0) is 42.7 Å². The summed E-state index contributed by atoms with van der Waals surface area (Å²) < 4.78 is 24.0. The molecule has 1 amide bonds. The van der Waals surface area contributed by atoms with Gasteiger partial charge in [-0.25, -0.2) is 4.39 Å². The number of aryl methyl sites for hydroxylation is 1. The van der Waals surface area contributed by atoms with E-state index in [0.717, 1.165) is 23.3 Å². The standard InChI is InChI=1S/C19H22FNO3/c1-4-16(14-9-10-17(23-3)13(2)11-14)21-19(22)12-24-18-8-6-5-7-15(18)20/h5-11,16H,4,12H2,1-3H3,(H,21,22)/t16-/m0/s1. The second-order valence-electron chi connectivity index (χ2n) is 5.48. The molecule has 2 rings (SSSR count). The molecule has 2 aromatic rings. The Bertz CT molecular complexity index is 703. The van der Waals surface area contributed by atoms with Gasteiger partial charge in [0.15, 0.2) is 18.2 Å². The van der Waals surface area contributed by atoms with E-state index in [0.29, 0.717) is 0 Å². The second-order valence-corrected chi connectivity index (χ2v) is 5.48. The number of amides is 1. The number of hydrogen-bond donors (Lipinski definition) is 1. The van der Waals surface area contributed by atoms with Gasteiger partial charge in [0.1, 0.15) is 5.75 Å². The zero-order chi connectivity index (χ0) is 17.5. The van der Waals surface area contributed by atoms with E-state index in [9.17, 15) is 9.18 Å². The summed E-state index contributed by atoms with van der Waals surface area (Å²) in [6.45, 7) is 3.72. The molecule has 0 unspecified atom stereocenters. The number of benzene rings is 2. The van der Waals surface area contributed by atoms with E-state index in [1.165, 1.54) is 12.1 Å². The average molecular weight is 331 g/mol. The van der Waals surface area contributed by atoms with Gasteiger partial charge in [0.2, 0.25) is 0 Å². The molecule has 0 aliphatic carbocycles. The van der Waals surface area contributed by atoms with Gasteiger partial charge in [-0.1, -0.05) is 31.2 Å². The molecule has 0 aliphatic heterocycles. The molecule has 4 nitrogen and oxygen atoms in total. The highest BCUT2D eigenvalue weighted by atomic mass is 19.1. The Morgan fingerprint density at radius 2 is 1.96 bits per heavy atom. The third-order valence-corrected chi connectivity index (χ3v) is 3.76. The first-order valence-electron chi connectivity index (χ1n) is 7.86. The van der Waals surface area contributed by atoms with Gasteiger partial charge in [-0.3, -0.25) is 4.79 Å². The van der Waals surface area contributed by atoms with Crippen LogP contribution >= 0.6 is 0 Å². The summed E-state index contributed by atoms with van der Waals surface area (Å²) in [6.07, 6.45) is 0.733. The molecule has 128 valence electrons. The van der Waals surface area contributed by atoms with Crippen LogP contribution in [0.25, 0.3) is 0 Å². The van der Waals surface area contributed by atoms with Crippen molar-refractivity contribution in [2.45, 2.75) is 26.3 Å². The van der Waals surface area contributed by atoms with Gasteiger partial charge in [0.25, 0.3) is 5.91 Å². The molecule has 24 heavy (non-hydrogen) atoms. The lowest BCUT2D eigenvalue weighted by Crippen LogP contribution is -2.32. The Kier molecular flexibility index (Phi) is 6.18. The maximum absolute atomic E-state index is 13.5. The summed E-state index contributed by atoms with van der Waals surface area (Å²) in [5.74, 6) is 0.102. The maximum atomic E-state index is 13.5. The third-order valence-electron chi connectivity index (χ3n) is 3.76. The van der Waals surface area contributed by atoms with Crippen LogP contribution in [0.4, 0.5) is 4.39 Å². The molecule has 1 N–H and O–H groups in total. The summed E-state index contributed by atoms with van der Waals surface area (Å²) >= 11 is 0. The fourth-order valence-electron chi connectivity index (χ4n) is 2.48. The quantitative estimate of drug-likeness (QED) is 0.840. The maximum Gasteiger partial charge on any atom is 0.258 e. The molecule has 2 aromatic carbocycles. The molecular formula is C19H22FNO3. The topological polar surface area (TPSA) is 47.6 Å². The zero-order valence-corrected chi connectivity index (χ0v) is 14.1. The lowest BCUT2D eigenvalue weighted by atomic mass is 10.0. The predicted molar refractivity (Wildman–Crippen MR) is 90.8 cm³/mol. The molecule has 0 saturated carbocycles. The van der Waals surface area contributed by atoms with E-state index in [4.69, 9.17) is 9.47 Å². The van der Waals surface area contributed by atoms with Crippen LogP contribution in [0.3, 0.4) is 0 Å². The highest BCUT2D eigenvalue weighted by Crippen LogP contribution is 2.24. The van der Waals surface area contributed by atoms with Crippen LogP contribution in [0, 0.1) is 12.7 Å². The molecular weight excluding hydrogens is 309 g/mol. The lowest BCUT2D eigenvalue weighted by Gasteiger charge is -2.19. The van der Waals surface area contributed by atoms with Gasteiger partial charge in [0, 0.05) is 0 Å². The number of halogens is 1. The van der Waals surface area contributed by atoms with Crippen molar-refractivity contribution >= 4 is 5.91 Å². The van der Waals surface area contributed by atoms with Gasteiger partial charge in [-0.2, -0.15) is 0 Å². The molecule has 0 bridgehead atoms. The highest BCUT2D eigenvalue weighted by Gasteiger charge is 2.15. The summed E-state index contributed by atoms with van der Waals surface area (Å²) in [6, 6.07) is 11.7. The number of methoxy groups -OCH3 is 1. The van der Waals surface area contributed by atoms with E-state index in [-0.39, 0.29) is 24.3 Å². The number of rotatable bonds is 7. The molecule has 5 heteroatoms.